The number of amides is 1. The molecule has 0 spiro atoms. The van der Waals surface area contributed by atoms with Gasteiger partial charge in [0.15, 0.2) is 0 Å². The monoisotopic (exact) mass is 461 g/mol. The molecule has 0 aliphatic carbocycles. The van der Waals surface area contributed by atoms with Gasteiger partial charge in [0.25, 0.3) is 5.91 Å². The molecule has 33 heavy (non-hydrogen) atoms. The minimum Gasteiger partial charge on any atom is -0.497 e. The summed E-state index contributed by atoms with van der Waals surface area (Å²) in [6.45, 7) is 3.99. The second-order valence-corrected chi connectivity index (χ2v) is 7.35. The fourth-order valence-corrected chi connectivity index (χ4v) is 3.16. The first-order valence-corrected chi connectivity index (χ1v) is 10.4. The van der Waals surface area contributed by atoms with Crippen LogP contribution in [-0.2, 0) is 0 Å². The Hall–Kier alpha value is -4.10. The molecule has 3 aromatic carbocycles. The SMILES string of the molecule is C=CCOc1ccc(NC(=O)c2ccc(OC)cc2)c(-c2nnc(-c3ccc(Cl)cc3)o2)c1. The summed E-state index contributed by atoms with van der Waals surface area (Å²) in [6, 6.07) is 19.1. The van der Waals surface area contributed by atoms with Crippen LogP contribution in [0.15, 0.2) is 83.8 Å². The van der Waals surface area contributed by atoms with E-state index in [1.807, 2.05) is 0 Å². The van der Waals surface area contributed by atoms with Gasteiger partial charge in [-0.2, -0.15) is 0 Å². The Balaban J connectivity index is 1.67. The Morgan fingerprint density at radius 2 is 1.73 bits per heavy atom. The van der Waals surface area contributed by atoms with Crippen molar-refractivity contribution in [2.24, 2.45) is 0 Å². The van der Waals surface area contributed by atoms with Crippen LogP contribution in [0.25, 0.3) is 22.9 Å². The average Bonchev–Trinajstić information content (AvgIpc) is 3.34. The number of hydrogen-bond donors (Lipinski definition) is 1. The van der Waals surface area contributed by atoms with E-state index >= 15 is 0 Å². The number of carbonyl (C=O) groups is 1. The Morgan fingerprint density at radius 3 is 2.42 bits per heavy atom. The van der Waals surface area contributed by atoms with Crippen molar-refractivity contribution in [1.82, 2.24) is 10.2 Å². The maximum absolute atomic E-state index is 12.8. The van der Waals surface area contributed by atoms with E-state index < -0.39 is 0 Å². The van der Waals surface area contributed by atoms with Crippen LogP contribution in [-0.4, -0.2) is 29.8 Å². The molecule has 0 unspecified atom stereocenters. The highest BCUT2D eigenvalue weighted by molar-refractivity contribution is 6.30. The first-order chi connectivity index (χ1) is 16.1. The van der Waals surface area contributed by atoms with Gasteiger partial charge in [0.1, 0.15) is 18.1 Å². The molecule has 4 rings (SSSR count). The zero-order valence-electron chi connectivity index (χ0n) is 17.7. The van der Waals surface area contributed by atoms with Crippen LogP contribution in [0.3, 0.4) is 0 Å². The molecule has 0 aliphatic heterocycles. The average molecular weight is 462 g/mol. The van der Waals surface area contributed by atoms with Crippen LogP contribution >= 0.6 is 11.6 Å². The molecule has 1 N–H and O–H groups in total. The maximum Gasteiger partial charge on any atom is 0.255 e. The number of nitrogens with zero attached hydrogens (tertiary/aromatic N) is 2. The number of methoxy groups -OCH3 is 1. The number of rotatable bonds is 8. The molecular weight excluding hydrogens is 442 g/mol. The fourth-order valence-electron chi connectivity index (χ4n) is 3.03. The predicted molar refractivity (Wildman–Crippen MR) is 127 cm³/mol. The third-order valence-electron chi connectivity index (χ3n) is 4.71. The lowest BCUT2D eigenvalue weighted by atomic mass is 10.1. The highest BCUT2D eigenvalue weighted by atomic mass is 35.5. The van der Waals surface area contributed by atoms with Crippen LogP contribution < -0.4 is 14.8 Å². The summed E-state index contributed by atoms with van der Waals surface area (Å²) in [5, 5.41) is 11.8. The summed E-state index contributed by atoms with van der Waals surface area (Å²) in [6.07, 6.45) is 1.64. The van der Waals surface area contributed by atoms with Gasteiger partial charge in [0.05, 0.1) is 18.4 Å². The number of ether oxygens (including phenoxy) is 2. The van der Waals surface area contributed by atoms with E-state index in [9.17, 15) is 4.79 Å². The molecular formula is C25H20ClN3O4. The minimum absolute atomic E-state index is 0.231. The first-order valence-electron chi connectivity index (χ1n) is 10.0. The summed E-state index contributed by atoms with van der Waals surface area (Å²) < 4.78 is 16.7. The molecule has 1 aromatic heterocycles. The molecule has 0 saturated heterocycles. The Morgan fingerprint density at radius 1 is 1.03 bits per heavy atom. The van der Waals surface area contributed by atoms with Crippen LogP contribution in [0.4, 0.5) is 5.69 Å². The van der Waals surface area contributed by atoms with Crippen molar-refractivity contribution in [3.63, 3.8) is 0 Å². The molecule has 0 fully saturated rings. The number of hydrogen-bond acceptors (Lipinski definition) is 6. The number of nitrogens with one attached hydrogen (secondary N) is 1. The lowest BCUT2D eigenvalue weighted by Gasteiger charge is -2.11. The number of carbonyl (C=O) groups excluding carboxylic acids is 1. The van der Waals surface area contributed by atoms with Gasteiger partial charge in [-0.05, 0) is 66.7 Å². The van der Waals surface area contributed by atoms with Crippen molar-refractivity contribution in [1.29, 1.82) is 0 Å². The normalized spacial score (nSPS) is 10.5. The van der Waals surface area contributed by atoms with Crippen molar-refractivity contribution in [2.45, 2.75) is 0 Å². The molecule has 1 amide bonds. The van der Waals surface area contributed by atoms with E-state index in [0.717, 1.165) is 5.56 Å². The summed E-state index contributed by atoms with van der Waals surface area (Å²) in [5.41, 5.74) is 2.21. The molecule has 0 atom stereocenters. The van der Waals surface area contributed by atoms with Crippen LogP contribution in [0.2, 0.25) is 5.02 Å². The Labute approximate surface area is 195 Å². The zero-order chi connectivity index (χ0) is 23.2. The van der Waals surface area contributed by atoms with Gasteiger partial charge in [-0.3, -0.25) is 4.79 Å². The van der Waals surface area contributed by atoms with Gasteiger partial charge in [0.2, 0.25) is 11.8 Å². The van der Waals surface area contributed by atoms with E-state index in [-0.39, 0.29) is 11.8 Å². The third kappa shape index (κ3) is 5.22. The van der Waals surface area contributed by atoms with Crippen LogP contribution in [0.5, 0.6) is 11.5 Å². The maximum atomic E-state index is 12.8. The Bertz CT molecular complexity index is 1270. The highest BCUT2D eigenvalue weighted by Gasteiger charge is 2.18. The van der Waals surface area contributed by atoms with Crippen molar-refractivity contribution in [3.8, 4) is 34.4 Å². The molecule has 0 aliphatic rings. The number of aromatic nitrogens is 2. The fraction of sp³-hybridized carbons (Fsp3) is 0.0800. The van der Waals surface area contributed by atoms with E-state index in [0.29, 0.717) is 45.8 Å². The van der Waals surface area contributed by atoms with Gasteiger partial charge < -0.3 is 19.2 Å². The van der Waals surface area contributed by atoms with Crippen molar-refractivity contribution >= 4 is 23.2 Å². The quantitative estimate of drug-likeness (QED) is 0.329. The van der Waals surface area contributed by atoms with Gasteiger partial charge >= 0.3 is 0 Å². The van der Waals surface area contributed by atoms with Crippen molar-refractivity contribution in [2.75, 3.05) is 19.0 Å². The topological polar surface area (TPSA) is 86.5 Å². The first kappa shape index (κ1) is 22.1. The van der Waals surface area contributed by atoms with E-state index in [4.69, 9.17) is 25.5 Å². The second-order valence-electron chi connectivity index (χ2n) is 6.91. The number of anilines is 1. The van der Waals surface area contributed by atoms with Gasteiger partial charge in [0, 0.05) is 16.1 Å². The molecule has 7 nitrogen and oxygen atoms in total. The molecule has 0 bridgehead atoms. The molecule has 4 aromatic rings. The second kappa shape index (κ2) is 10.0. The summed E-state index contributed by atoms with van der Waals surface area (Å²) >= 11 is 5.96. The lowest BCUT2D eigenvalue weighted by Crippen LogP contribution is -2.12. The third-order valence-corrected chi connectivity index (χ3v) is 4.96. The standard InChI is InChI=1S/C25H20ClN3O4/c1-3-14-32-20-12-13-22(27-23(30)16-6-10-19(31-2)11-7-16)21(15-20)25-29-28-24(33-25)17-4-8-18(26)9-5-17/h3-13,15H,1,14H2,2H3,(H,27,30). The lowest BCUT2D eigenvalue weighted by molar-refractivity contribution is 0.102. The van der Waals surface area contributed by atoms with Gasteiger partial charge in [-0.25, -0.2) is 0 Å². The number of halogens is 1. The highest BCUT2D eigenvalue weighted by Crippen LogP contribution is 2.33. The smallest absolute Gasteiger partial charge is 0.255 e. The molecule has 0 radical (unpaired) electrons. The van der Waals surface area contributed by atoms with E-state index in [1.54, 1.807) is 79.9 Å². The summed E-state index contributed by atoms with van der Waals surface area (Å²) in [5.74, 6) is 1.49. The molecule has 0 saturated carbocycles. The summed E-state index contributed by atoms with van der Waals surface area (Å²) in [7, 11) is 1.57. The van der Waals surface area contributed by atoms with Crippen molar-refractivity contribution < 1.29 is 18.7 Å². The Kier molecular flexibility index (Phi) is 6.71. The van der Waals surface area contributed by atoms with Gasteiger partial charge in [-0.15, -0.1) is 10.2 Å². The minimum atomic E-state index is -0.295. The van der Waals surface area contributed by atoms with Crippen molar-refractivity contribution in [3.05, 3.63) is 90.0 Å². The predicted octanol–water partition coefficient (Wildman–Crippen LogP) is 5.88. The molecule has 166 valence electrons. The van der Waals surface area contributed by atoms with Crippen LogP contribution in [0.1, 0.15) is 10.4 Å². The van der Waals surface area contributed by atoms with E-state index in [1.165, 1.54) is 0 Å². The van der Waals surface area contributed by atoms with Crippen LogP contribution in [0, 0.1) is 0 Å². The van der Waals surface area contributed by atoms with E-state index in [2.05, 4.69) is 22.1 Å². The van der Waals surface area contributed by atoms with Gasteiger partial charge in [-0.1, -0.05) is 24.3 Å². The molecule has 1 heterocycles. The summed E-state index contributed by atoms with van der Waals surface area (Å²) in [4.78, 5) is 12.8. The number of benzene rings is 3. The largest absolute Gasteiger partial charge is 0.497 e. The zero-order valence-corrected chi connectivity index (χ0v) is 18.5. The molecule has 8 heteroatoms.